The minimum absolute atomic E-state index is 0.239. The van der Waals surface area contributed by atoms with E-state index < -0.39 is 0 Å². The van der Waals surface area contributed by atoms with Gasteiger partial charge in [-0.2, -0.15) is 0 Å². The van der Waals surface area contributed by atoms with Gasteiger partial charge in [0.2, 0.25) is 0 Å². The molecule has 15 heavy (non-hydrogen) atoms. The summed E-state index contributed by atoms with van der Waals surface area (Å²) in [5.74, 6) is 0.477. The molecule has 0 radical (unpaired) electrons. The van der Waals surface area contributed by atoms with Crippen LogP contribution >= 0.6 is 0 Å². The molecule has 1 aliphatic heterocycles. The van der Waals surface area contributed by atoms with Crippen LogP contribution < -0.4 is 21.1 Å². The molecule has 0 saturated carbocycles. The molecule has 1 aromatic heterocycles. The number of rotatable bonds is 3. The molecule has 0 unspecified atom stereocenters. The Labute approximate surface area is 98.0 Å². The molecule has 2 heterocycles. The van der Waals surface area contributed by atoms with Gasteiger partial charge in [0.1, 0.15) is 0 Å². The van der Waals surface area contributed by atoms with E-state index in [2.05, 4.69) is 16.4 Å². The molecule has 0 aliphatic carbocycles. The molecule has 1 aromatic rings. The van der Waals surface area contributed by atoms with Crippen LogP contribution in [0.1, 0.15) is 25.2 Å². The summed E-state index contributed by atoms with van der Waals surface area (Å²) in [5, 5.41) is 9.64. The van der Waals surface area contributed by atoms with E-state index in [0.717, 1.165) is 36.3 Å². The number of nitrogen functional groups attached to an aromatic ring is 2. The maximum Gasteiger partial charge on any atom is 0.260 e. The first-order valence-electron chi connectivity index (χ1n) is 8.16. The highest BCUT2D eigenvalue weighted by molar-refractivity contribution is 5.55. The van der Waals surface area contributed by atoms with E-state index in [1.807, 2.05) is 0 Å². The minimum atomic E-state index is 0.239. The third kappa shape index (κ3) is 1.91. The van der Waals surface area contributed by atoms with Gasteiger partial charge in [-0.05, 0) is 19.3 Å². The van der Waals surface area contributed by atoms with Crippen molar-refractivity contribution >= 4 is 17.3 Å². The number of aromatic nitrogens is 1. The van der Waals surface area contributed by atoms with Gasteiger partial charge in [0.15, 0.2) is 0 Å². The van der Waals surface area contributed by atoms with E-state index in [1.165, 1.54) is 6.42 Å². The van der Waals surface area contributed by atoms with Crippen LogP contribution in [-0.2, 0) is 0 Å². The Bertz CT molecular complexity index is 380. The zero-order valence-electron chi connectivity index (χ0n) is 14.5. The summed E-state index contributed by atoms with van der Waals surface area (Å²) in [6.45, 7) is 1.95. The smallest absolute Gasteiger partial charge is 0.260 e. The van der Waals surface area contributed by atoms with Crippen molar-refractivity contribution in [1.29, 1.82) is 0 Å². The van der Waals surface area contributed by atoms with E-state index in [1.54, 1.807) is 12.1 Å². The first-order valence-corrected chi connectivity index (χ1v) is 5.16. The highest BCUT2D eigenvalue weighted by Gasteiger charge is 2.15. The summed E-state index contributed by atoms with van der Waals surface area (Å²) >= 11 is 0. The molecule has 0 spiro atoms. The van der Waals surface area contributed by atoms with E-state index in [0.29, 0.717) is 0 Å². The number of nitrogens with two attached hydrogens (primary N) is 2. The first kappa shape index (κ1) is 6.05. The molecule has 1 fully saturated rings. The van der Waals surface area contributed by atoms with Crippen LogP contribution in [0.25, 0.3) is 0 Å². The molecule has 5 nitrogen and oxygen atoms in total. The lowest BCUT2D eigenvalue weighted by Crippen LogP contribution is -2.38. The Morgan fingerprint density at radius 2 is 1.93 bits per heavy atom. The largest absolute Gasteiger partial charge is 0.371 e. The average molecular weight is 219 g/mol. The van der Waals surface area contributed by atoms with Gasteiger partial charge >= 0.3 is 0 Å². The normalized spacial score (nSPS) is 19.1. The van der Waals surface area contributed by atoms with Gasteiger partial charge in [-0.15, -0.1) is 0 Å². The van der Waals surface area contributed by atoms with E-state index in [9.17, 15) is 5.21 Å². The second-order valence-electron chi connectivity index (χ2n) is 3.84. The van der Waals surface area contributed by atoms with Crippen molar-refractivity contribution in [3.8, 4) is 0 Å². The second kappa shape index (κ2) is 3.84. The van der Waals surface area contributed by atoms with Gasteiger partial charge in [0.05, 0.1) is 5.69 Å². The molecule has 2 rings (SSSR count). The molecule has 5 heteroatoms. The van der Waals surface area contributed by atoms with Crippen molar-refractivity contribution in [2.75, 3.05) is 29.4 Å². The topological polar surface area (TPSA) is 79.4 Å². The molecule has 0 aromatic carbocycles. The molecule has 1 saturated heterocycles. The van der Waals surface area contributed by atoms with Gasteiger partial charge in [-0.25, -0.2) is 0 Å². The van der Waals surface area contributed by atoms with Crippen LogP contribution in [0.2, 0.25) is 2.82 Å². The zero-order valence-corrected chi connectivity index (χ0v) is 8.53. The average Bonchev–Trinajstić information content (AvgIpc) is 2.59. The van der Waals surface area contributed by atoms with Gasteiger partial charge < -0.3 is 21.6 Å². The van der Waals surface area contributed by atoms with Crippen LogP contribution in [0.15, 0.2) is 12.1 Å². The summed E-state index contributed by atoms with van der Waals surface area (Å²) in [6.07, 6.45) is 3.55. The van der Waals surface area contributed by atoms with Crippen molar-refractivity contribution in [3.63, 3.8) is 0 Å². The van der Waals surface area contributed by atoms with Crippen LogP contribution in [-0.4, -0.2) is 18.3 Å². The maximum absolute atomic E-state index is 9.64. The van der Waals surface area contributed by atoms with Crippen molar-refractivity contribution in [2.24, 2.45) is 0 Å². The molecule has 5 N–H and O–H groups in total. The second-order valence-corrected chi connectivity index (χ2v) is 3.84. The molecule has 0 atom stereocenters. The van der Waals surface area contributed by atoms with Gasteiger partial charge in [0, 0.05) is 31.2 Å². The summed E-state index contributed by atoms with van der Waals surface area (Å²) in [7, 11) is 0. The molecule has 0 amide bonds. The molecular formula is C10H21N4O+. The molecule has 0 bridgehead atoms. The van der Waals surface area contributed by atoms with E-state index >= 15 is 0 Å². The lowest BCUT2D eigenvalue weighted by atomic mass is 10.1. The van der Waals surface area contributed by atoms with Gasteiger partial charge in [-0.3, -0.25) is 0 Å². The lowest BCUT2D eigenvalue weighted by Gasteiger charge is -2.28. The number of nitrogens with zero attached hydrogens (tertiary/aromatic N) is 2. The summed E-state index contributed by atoms with van der Waals surface area (Å²) in [4.78, 5) is 2.20. The Balaban J connectivity index is 0.000000921. The van der Waals surface area contributed by atoms with Crippen LogP contribution in [0.4, 0.5) is 17.3 Å². The predicted octanol–water partition coefficient (Wildman–Crippen LogP) is 0.858. The fourth-order valence-corrected chi connectivity index (χ4v) is 1.91. The maximum atomic E-state index is 9.64. The van der Waals surface area contributed by atoms with Gasteiger partial charge in [0.25, 0.3) is 14.5 Å². The van der Waals surface area contributed by atoms with Gasteiger partial charge in [-0.1, -0.05) is 4.73 Å². The fourth-order valence-electron chi connectivity index (χ4n) is 1.91. The summed E-state index contributed by atoms with van der Waals surface area (Å²) in [5.41, 5.74) is 5.24. The molecule has 86 valence electrons. The van der Waals surface area contributed by atoms with Crippen LogP contribution in [0.5, 0.6) is 0 Å². The highest BCUT2D eigenvalue weighted by atomic mass is 16.5. The minimum Gasteiger partial charge on any atom is -0.371 e. The van der Waals surface area contributed by atoms with Crippen molar-refractivity contribution < 1.29 is 18.7 Å². The fraction of sp³-hybridized carbons (Fsp3) is 0.500. The number of hydrogen-bond acceptors (Lipinski definition) is 4. The Morgan fingerprint density at radius 3 is 2.47 bits per heavy atom. The summed E-state index contributed by atoms with van der Waals surface area (Å²) in [6, 6.07) is 3.42. The SMILES string of the molecule is [2H]Nc1cc(N2CCCCC2)cc(N[2H])[n+]1O.[2H][2H].[2H][2H]. The van der Waals surface area contributed by atoms with Crippen molar-refractivity contribution in [3.05, 3.63) is 12.1 Å². The summed E-state index contributed by atoms with van der Waals surface area (Å²) < 4.78 is 35.0. The van der Waals surface area contributed by atoms with Crippen LogP contribution in [0, 0.1) is 0 Å². The lowest BCUT2D eigenvalue weighted by molar-refractivity contribution is -0.881. The van der Waals surface area contributed by atoms with Crippen molar-refractivity contribution in [1.82, 2.24) is 0 Å². The standard InChI is InChI=1S/C10H16N4O.2H2/c11-9-6-8(7-10(12)14(9)15)13-4-2-1-3-5-13;;/h6-7,15H,1-5H2,(H3,11,12);2*1H/p+1/i;2*1+1D/hD2. The third-order valence-corrected chi connectivity index (χ3v) is 2.75. The zero-order chi connectivity index (χ0) is 16.3. The van der Waals surface area contributed by atoms with Crippen LogP contribution in [0.3, 0.4) is 0 Å². The highest BCUT2D eigenvalue weighted by Crippen LogP contribution is 2.21. The molecule has 1 aliphatic rings. The number of pyridine rings is 1. The Morgan fingerprint density at radius 1 is 1.33 bits per heavy atom. The Kier molecular flexibility index (Phi) is 1.55. The monoisotopic (exact) mass is 219 g/mol. The number of anilines is 3. The number of piperidine rings is 1. The van der Waals surface area contributed by atoms with Crippen molar-refractivity contribution in [2.45, 2.75) is 19.3 Å². The third-order valence-electron chi connectivity index (χ3n) is 2.75. The molecular weight excluding hydrogens is 192 g/mol. The van der Waals surface area contributed by atoms with E-state index in [4.69, 9.17) is 8.76 Å². The Hall–Kier alpha value is -1.65. The first-order chi connectivity index (χ1) is 10.3. The predicted molar refractivity (Wildman–Crippen MR) is 62.9 cm³/mol. The van der Waals surface area contributed by atoms with E-state index in [-0.39, 0.29) is 11.6 Å². The quantitative estimate of drug-likeness (QED) is 0.520. The number of hydrogen-bond donors (Lipinski definition) is 3.